The molecule has 11 heteroatoms. The highest BCUT2D eigenvalue weighted by Crippen LogP contribution is 2.65. The number of epoxide rings is 1. The molecular weight excluding hydrogens is 536 g/mol. The van der Waals surface area contributed by atoms with E-state index in [4.69, 9.17) is 28.4 Å². The minimum Gasteiger partial charge on any atom is -0.461 e. The van der Waals surface area contributed by atoms with Crippen LogP contribution in [0, 0.1) is 11.3 Å². The van der Waals surface area contributed by atoms with Gasteiger partial charge in [-0.1, -0.05) is 25.5 Å². The van der Waals surface area contributed by atoms with E-state index in [9.17, 15) is 24.0 Å². The van der Waals surface area contributed by atoms with E-state index in [0.717, 1.165) is 5.57 Å². The maximum Gasteiger partial charge on any atom is 0.342 e. The maximum atomic E-state index is 13.1. The van der Waals surface area contributed by atoms with Gasteiger partial charge in [0.25, 0.3) is 0 Å². The van der Waals surface area contributed by atoms with E-state index < -0.39 is 82.9 Å². The minimum atomic E-state index is -1.44. The summed E-state index contributed by atoms with van der Waals surface area (Å²) in [4.78, 5) is 63.5. The summed E-state index contributed by atoms with van der Waals surface area (Å²) >= 11 is 0. The zero-order valence-corrected chi connectivity index (χ0v) is 24.9. The highest BCUT2D eigenvalue weighted by atomic mass is 16.7. The van der Waals surface area contributed by atoms with Crippen LogP contribution in [0.2, 0.25) is 0 Å². The smallest absolute Gasteiger partial charge is 0.342 e. The molecule has 0 N–H and O–H groups in total. The number of rotatable bonds is 6. The topological polar surface area (TPSA) is 144 Å². The van der Waals surface area contributed by atoms with E-state index >= 15 is 0 Å². The number of fused-ring (bicyclic) bond motifs is 1. The Morgan fingerprint density at radius 3 is 2.12 bits per heavy atom. The first-order valence-electron chi connectivity index (χ1n) is 14.1. The summed E-state index contributed by atoms with van der Waals surface area (Å²) in [7, 11) is 0. The fraction of sp³-hybridized carbons (Fsp3) is 0.700. The Balaban J connectivity index is 2.02. The van der Waals surface area contributed by atoms with Gasteiger partial charge >= 0.3 is 29.8 Å². The van der Waals surface area contributed by atoms with Gasteiger partial charge in [0.1, 0.15) is 24.4 Å². The van der Waals surface area contributed by atoms with Crippen LogP contribution in [0.5, 0.6) is 0 Å². The molecule has 2 saturated heterocycles. The van der Waals surface area contributed by atoms with Crippen LogP contribution in [0.3, 0.4) is 0 Å². The summed E-state index contributed by atoms with van der Waals surface area (Å²) in [5, 5.41) is 0. The monoisotopic (exact) mass is 576 g/mol. The summed E-state index contributed by atoms with van der Waals surface area (Å²) in [6.07, 6.45) is -0.210. The van der Waals surface area contributed by atoms with E-state index in [-0.39, 0.29) is 12.8 Å². The Morgan fingerprint density at radius 1 is 0.927 bits per heavy atom. The highest BCUT2D eigenvalue weighted by molar-refractivity contribution is 5.89. The van der Waals surface area contributed by atoms with E-state index in [1.807, 2.05) is 26.8 Å². The van der Waals surface area contributed by atoms with Crippen molar-refractivity contribution in [1.29, 1.82) is 0 Å². The van der Waals surface area contributed by atoms with Crippen molar-refractivity contribution >= 4 is 29.8 Å². The molecule has 0 bridgehead atoms. The van der Waals surface area contributed by atoms with Crippen LogP contribution in [0.4, 0.5) is 0 Å². The maximum absolute atomic E-state index is 13.1. The highest BCUT2D eigenvalue weighted by Gasteiger charge is 2.87. The average Bonchev–Trinajstić information content (AvgIpc) is 3.44. The number of ether oxygens (including phenoxy) is 6. The first kappa shape index (κ1) is 30.7. The van der Waals surface area contributed by atoms with Crippen molar-refractivity contribution in [3.8, 4) is 0 Å². The molecular formula is C30H40O11. The lowest BCUT2D eigenvalue weighted by atomic mass is 9.56. The molecule has 9 atom stereocenters. The Bertz CT molecular complexity index is 1200. The van der Waals surface area contributed by atoms with Crippen LogP contribution in [0.15, 0.2) is 23.3 Å². The molecule has 2 aliphatic carbocycles. The van der Waals surface area contributed by atoms with Gasteiger partial charge in [0.05, 0.1) is 5.41 Å². The van der Waals surface area contributed by atoms with Crippen LogP contribution in [0.25, 0.3) is 0 Å². The molecule has 4 aliphatic rings. The van der Waals surface area contributed by atoms with E-state index in [2.05, 4.69) is 0 Å². The summed E-state index contributed by atoms with van der Waals surface area (Å²) in [5.41, 5.74) is -2.79. The van der Waals surface area contributed by atoms with Crippen molar-refractivity contribution in [2.24, 2.45) is 11.3 Å². The quantitative estimate of drug-likeness (QED) is 0.199. The molecule has 1 spiro atoms. The number of esters is 5. The van der Waals surface area contributed by atoms with E-state index in [1.54, 1.807) is 19.9 Å². The van der Waals surface area contributed by atoms with Gasteiger partial charge in [-0.2, -0.15) is 0 Å². The molecule has 11 nitrogen and oxygen atoms in total. The second-order valence-electron chi connectivity index (χ2n) is 11.9. The Morgan fingerprint density at radius 2 is 1.56 bits per heavy atom. The second kappa shape index (κ2) is 10.9. The molecule has 2 heterocycles. The van der Waals surface area contributed by atoms with Crippen LogP contribution >= 0.6 is 0 Å². The fourth-order valence-corrected chi connectivity index (χ4v) is 7.02. The van der Waals surface area contributed by atoms with E-state index in [0.29, 0.717) is 18.4 Å². The molecule has 0 aromatic heterocycles. The third-order valence-electron chi connectivity index (χ3n) is 9.04. The van der Waals surface area contributed by atoms with Crippen LogP contribution in [-0.4, -0.2) is 71.6 Å². The summed E-state index contributed by atoms with van der Waals surface area (Å²) in [5.74, 6) is -3.56. The van der Waals surface area contributed by atoms with Crippen LogP contribution in [-0.2, 0) is 52.4 Å². The largest absolute Gasteiger partial charge is 0.461 e. The summed E-state index contributed by atoms with van der Waals surface area (Å²) < 4.78 is 35.8. The Labute approximate surface area is 239 Å². The van der Waals surface area contributed by atoms with Gasteiger partial charge in [0.15, 0.2) is 17.3 Å². The molecule has 0 amide bonds. The first-order chi connectivity index (χ1) is 19.1. The number of carbonyl (C=O) groups excluding carboxylic acids is 5. The van der Waals surface area contributed by atoms with Gasteiger partial charge in [-0.3, -0.25) is 19.2 Å². The van der Waals surface area contributed by atoms with Gasteiger partial charge < -0.3 is 28.4 Å². The van der Waals surface area contributed by atoms with Crippen molar-refractivity contribution in [2.75, 3.05) is 0 Å². The zero-order chi connectivity index (χ0) is 30.5. The van der Waals surface area contributed by atoms with Crippen molar-refractivity contribution in [1.82, 2.24) is 0 Å². The standard InChI is InChI=1S/C30H40O11/c1-9-10-24(34)39-22-14-20(36-17(4)31)16(3)13-23-30(29(8,41-30)27(35)40-23)26(38-19(6)33)25-15(2)11-12-21(28(22,25)7)37-18(5)32/h11,13,20-23,25-26H,9-10,12,14H2,1-8H3/b16-13-/t20?,21-,22-,23-,25+,26?,28+,29-,30-/m0/s1. The zero-order valence-electron chi connectivity index (χ0n) is 24.9. The SMILES string of the molecule is CCCC(=O)O[C@H]1CC(OC(C)=O)/C(C)=C\[C@@H]2OC(=O)[C@]3(C)O[C@]23C(OC(C)=O)[C@H]2C(C)=CC[C@H](OC(C)=O)[C@]12C. The second-order valence-corrected chi connectivity index (χ2v) is 11.9. The lowest BCUT2D eigenvalue weighted by molar-refractivity contribution is -0.201. The van der Waals surface area contributed by atoms with Gasteiger partial charge in [0.2, 0.25) is 0 Å². The van der Waals surface area contributed by atoms with Gasteiger partial charge in [-0.05, 0) is 38.8 Å². The molecule has 0 aromatic carbocycles. The number of hydrogen-bond donors (Lipinski definition) is 0. The molecule has 2 unspecified atom stereocenters. The number of hydrogen-bond acceptors (Lipinski definition) is 11. The third-order valence-corrected chi connectivity index (χ3v) is 9.04. The molecule has 226 valence electrons. The molecule has 0 aromatic rings. The fourth-order valence-electron chi connectivity index (χ4n) is 7.02. The molecule has 2 aliphatic heterocycles. The molecule has 2 fully saturated rings. The third kappa shape index (κ3) is 5.06. The normalized spacial score (nSPS) is 40.6. The Hall–Kier alpha value is -3.21. The van der Waals surface area contributed by atoms with Crippen molar-refractivity contribution < 1.29 is 52.4 Å². The first-order valence-corrected chi connectivity index (χ1v) is 14.1. The predicted octanol–water partition coefficient (Wildman–Crippen LogP) is 3.27. The lowest BCUT2D eigenvalue weighted by Gasteiger charge is -2.53. The molecule has 0 radical (unpaired) electrons. The van der Waals surface area contributed by atoms with Gasteiger partial charge in [0, 0.05) is 46.0 Å². The van der Waals surface area contributed by atoms with E-state index in [1.165, 1.54) is 20.8 Å². The number of carbonyl (C=O) groups is 5. The Kier molecular flexibility index (Phi) is 8.16. The van der Waals surface area contributed by atoms with Crippen molar-refractivity contribution in [3.63, 3.8) is 0 Å². The van der Waals surface area contributed by atoms with Crippen molar-refractivity contribution in [3.05, 3.63) is 23.3 Å². The predicted molar refractivity (Wildman–Crippen MR) is 142 cm³/mol. The molecule has 0 saturated carbocycles. The van der Waals surface area contributed by atoms with Gasteiger partial charge in [-0.15, -0.1) is 0 Å². The summed E-state index contributed by atoms with van der Waals surface area (Å²) in [6, 6.07) is 0. The molecule has 4 rings (SSSR count). The van der Waals surface area contributed by atoms with Crippen LogP contribution in [0.1, 0.15) is 81.1 Å². The van der Waals surface area contributed by atoms with Crippen molar-refractivity contribution in [2.45, 2.75) is 123 Å². The summed E-state index contributed by atoms with van der Waals surface area (Å²) in [6.45, 7) is 12.7. The average molecular weight is 577 g/mol. The van der Waals surface area contributed by atoms with Crippen LogP contribution < -0.4 is 0 Å². The van der Waals surface area contributed by atoms with Gasteiger partial charge in [-0.25, -0.2) is 4.79 Å². The lowest BCUT2D eigenvalue weighted by Crippen LogP contribution is -2.62. The molecule has 41 heavy (non-hydrogen) atoms. The minimum absolute atomic E-state index is 0.0218.